The van der Waals surface area contributed by atoms with Crippen molar-refractivity contribution in [2.45, 2.75) is 11.8 Å². The first-order chi connectivity index (χ1) is 12.8. The normalized spacial score (nSPS) is 15.5. The lowest BCUT2D eigenvalue weighted by atomic mass is 10.2. The fourth-order valence-corrected chi connectivity index (χ4v) is 4.37. The minimum Gasteiger partial charge on any atom is -0.423 e. The van der Waals surface area contributed by atoms with E-state index in [1.165, 1.54) is 12.1 Å². The van der Waals surface area contributed by atoms with Crippen LogP contribution >= 0.6 is 11.6 Å². The van der Waals surface area contributed by atoms with Crippen LogP contribution in [0.4, 0.5) is 4.39 Å². The predicted molar refractivity (Wildman–Crippen MR) is 97.1 cm³/mol. The molecule has 3 rings (SSSR count). The summed E-state index contributed by atoms with van der Waals surface area (Å²) in [7, 11) is -4.08. The number of carbonyl (C=O) groups excluding carboxylic acids is 1. The Morgan fingerprint density at radius 1 is 1.19 bits per heavy atom. The van der Waals surface area contributed by atoms with E-state index in [1.807, 2.05) is 0 Å². The van der Waals surface area contributed by atoms with Crippen LogP contribution in [0.25, 0.3) is 0 Å². The van der Waals surface area contributed by atoms with Gasteiger partial charge in [-0.1, -0.05) is 11.6 Å². The highest BCUT2D eigenvalue weighted by molar-refractivity contribution is 7.89. The Kier molecular flexibility index (Phi) is 5.81. The van der Waals surface area contributed by atoms with Gasteiger partial charge in [-0.2, -0.15) is 4.31 Å². The maximum Gasteiger partial charge on any atom is 0.343 e. The van der Waals surface area contributed by atoms with Crippen LogP contribution in [-0.4, -0.2) is 45.0 Å². The highest BCUT2D eigenvalue weighted by Gasteiger charge is 2.30. The Morgan fingerprint density at radius 2 is 1.89 bits per heavy atom. The molecule has 0 unspecified atom stereocenters. The van der Waals surface area contributed by atoms with Gasteiger partial charge in [0, 0.05) is 18.1 Å². The summed E-state index contributed by atoms with van der Waals surface area (Å²) < 4.78 is 51.2. The summed E-state index contributed by atoms with van der Waals surface area (Å²) in [5, 5.41) is 0.493. The van der Waals surface area contributed by atoms with Crippen molar-refractivity contribution < 1.29 is 27.1 Å². The standard InChI is InChI=1S/C18H17ClFNO5S/c1-12-10-14(19)3-5-16(12)26-18(22)13-2-4-15(20)17(11-13)27(23,24)21-6-8-25-9-7-21/h2-5,10-11H,6-9H2,1H3. The van der Waals surface area contributed by atoms with Crippen LogP contribution in [0.5, 0.6) is 5.75 Å². The lowest BCUT2D eigenvalue weighted by Gasteiger charge is -2.26. The third kappa shape index (κ3) is 4.30. The van der Waals surface area contributed by atoms with Crippen molar-refractivity contribution in [3.8, 4) is 5.75 Å². The van der Waals surface area contributed by atoms with Crippen molar-refractivity contribution in [2.75, 3.05) is 26.3 Å². The largest absolute Gasteiger partial charge is 0.423 e. The first-order valence-corrected chi connectivity index (χ1v) is 9.96. The Morgan fingerprint density at radius 3 is 2.56 bits per heavy atom. The van der Waals surface area contributed by atoms with E-state index in [9.17, 15) is 17.6 Å². The molecule has 144 valence electrons. The van der Waals surface area contributed by atoms with Crippen molar-refractivity contribution in [3.63, 3.8) is 0 Å². The second-order valence-electron chi connectivity index (χ2n) is 5.96. The molecule has 0 aromatic heterocycles. The van der Waals surface area contributed by atoms with Crippen LogP contribution in [0, 0.1) is 12.7 Å². The summed E-state index contributed by atoms with van der Waals surface area (Å²) in [6.45, 7) is 2.44. The summed E-state index contributed by atoms with van der Waals surface area (Å²) in [6.07, 6.45) is 0. The molecule has 0 N–H and O–H groups in total. The van der Waals surface area contributed by atoms with E-state index in [0.717, 1.165) is 16.4 Å². The van der Waals surface area contributed by atoms with Crippen LogP contribution in [-0.2, 0) is 14.8 Å². The summed E-state index contributed by atoms with van der Waals surface area (Å²) in [4.78, 5) is 11.8. The van der Waals surface area contributed by atoms with Gasteiger partial charge in [-0.25, -0.2) is 17.6 Å². The molecule has 0 spiro atoms. The minimum absolute atomic E-state index is 0.0717. The lowest BCUT2D eigenvalue weighted by molar-refractivity contribution is 0.0726. The molecule has 0 bridgehead atoms. The van der Waals surface area contributed by atoms with E-state index < -0.39 is 26.7 Å². The highest BCUT2D eigenvalue weighted by Crippen LogP contribution is 2.25. The summed E-state index contributed by atoms with van der Waals surface area (Å²) in [6, 6.07) is 7.84. The number of halogens is 2. The van der Waals surface area contributed by atoms with Crippen LogP contribution in [0.15, 0.2) is 41.3 Å². The monoisotopic (exact) mass is 413 g/mol. The molecule has 2 aromatic carbocycles. The average Bonchev–Trinajstić information content (AvgIpc) is 2.65. The van der Waals surface area contributed by atoms with Crippen molar-refractivity contribution in [1.82, 2.24) is 4.31 Å². The van der Waals surface area contributed by atoms with Gasteiger partial charge >= 0.3 is 5.97 Å². The van der Waals surface area contributed by atoms with E-state index in [2.05, 4.69) is 0 Å². The zero-order valence-corrected chi connectivity index (χ0v) is 16.0. The molecule has 1 saturated heterocycles. The number of benzene rings is 2. The smallest absolute Gasteiger partial charge is 0.343 e. The zero-order chi connectivity index (χ0) is 19.6. The molecule has 0 aliphatic carbocycles. The van der Waals surface area contributed by atoms with Crippen molar-refractivity contribution >= 4 is 27.6 Å². The number of morpholine rings is 1. The second kappa shape index (κ2) is 7.93. The number of aryl methyl sites for hydroxylation is 1. The van der Waals surface area contributed by atoms with E-state index in [-0.39, 0.29) is 37.6 Å². The first kappa shape index (κ1) is 19.8. The molecule has 1 aliphatic rings. The number of hydrogen-bond donors (Lipinski definition) is 0. The molecule has 2 aromatic rings. The number of carbonyl (C=O) groups is 1. The number of ether oxygens (including phenoxy) is 2. The maximum atomic E-state index is 14.2. The third-order valence-corrected chi connectivity index (χ3v) is 6.24. The molecule has 1 heterocycles. The van der Waals surface area contributed by atoms with Crippen molar-refractivity contribution in [2.24, 2.45) is 0 Å². The molecule has 0 radical (unpaired) electrons. The number of hydrogen-bond acceptors (Lipinski definition) is 5. The van der Waals surface area contributed by atoms with Crippen LogP contribution < -0.4 is 4.74 Å². The second-order valence-corrected chi connectivity index (χ2v) is 8.30. The molecular formula is C18H17ClFNO5S. The molecule has 1 fully saturated rings. The van der Waals surface area contributed by atoms with Gasteiger partial charge in [-0.15, -0.1) is 0 Å². The molecular weight excluding hydrogens is 397 g/mol. The number of esters is 1. The van der Waals surface area contributed by atoms with Crippen LogP contribution in [0.1, 0.15) is 15.9 Å². The molecule has 27 heavy (non-hydrogen) atoms. The van der Waals surface area contributed by atoms with Crippen molar-refractivity contribution in [1.29, 1.82) is 0 Å². The molecule has 9 heteroatoms. The van der Waals surface area contributed by atoms with Gasteiger partial charge in [0.25, 0.3) is 0 Å². The van der Waals surface area contributed by atoms with Gasteiger partial charge in [-0.3, -0.25) is 0 Å². The van der Waals surface area contributed by atoms with Gasteiger partial charge < -0.3 is 9.47 Å². The Hall–Kier alpha value is -2.00. The molecule has 0 atom stereocenters. The number of sulfonamides is 1. The van der Waals surface area contributed by atoms with E-state index in [0.29, 0.717) is 10.6 Å². The fourth-order valence-electron chi connectivity index (χ4n) is 2.64. The zero-order valence-electron chi connectivity index (χ0n) is 14.4. The predicted octanol–water partition coefficient (Wildman–Crippen LogP) is 3.03. The van der Waals surface area contributed by atoms with Gasteiger partial charge in [0.05, 0.1) is 18.8 Å². The average molecular weight is 414 g/mol. The summed E-state index contributed by atoms with van der Waals surface area (Å²) in [5.74, 6) is -1.44. The van der Waals surface area contributed by atoms with Crippen LogP contribution in [0.2, 0.25) is 5.02 Å². The fraction of sp³-hybridized carbons (Fsp3) is 0.278. The number of nitrogens with zero attached hydrogens (tertiary/aromatic N) is 1. The Bertz CT molecular complexity index is 974. The maximum absolute atomic E-state index is 14.2. The molecule has 1 aliphatic heterocycles. The molecule has 0 saturated carbocycles. The Labute approximate surface area is 161 Å². The lowest BCUT2D eigenvalue weighted by Crippen LogP contribution is -2.41. The van der Waals surface area contributed by atoms with E-state index >= 15 is 0 Å². The van der Waals surface area contributed by atoms with Crippen molar-refractivity contribution in [3.05, 3.63) is 58.4 Å². The van der Waals surface area contributed by atoms with Crippen LogP contribution in [0.3, 0.4) is 0 Å². The highest BCUT2D eigenvalue weighted by atomic mass is 35.5. The minimum atomic E-state index is -4.08. The van der Waals surface area contributed by atoms with E-state index in [4.69, 9.17) is 21.1 Å². The summed E-state index contributed by atoms with van der Waals surface area (Å²) in [5.41, 5.74) is 0.566. The van der Waals surface area contributed by atoms with Gasteiger partial charge in [-0.05, 0) is 48.9 Å². The SMILES string of the molecule is Cc1cc(Cl)ccc1OC(=O)c1ccc(F)c(S(=O)(=O)N2CCOCC2)c1. The third-order valence-electron chi connectivity index (χ3n) is 4.09. The van der Waals surface area contributed by atoms with Gasteiger partial charge in [0.15, 0.2) is 0 Å². The van der Waals surface area contributed by atoms with E-state index in [1.54, 1.807) is 19.1 Å². The van der Waals surface area contributed by atoms with Gasteiger partial charge in [0.2, 0.25) is 10.0 Å². The van der Waals surface area contributed by atoms with Gasteiger partial charge in [0.1, 0.15) is 16.5 Å². The Balaban J connectivity index is 1.89. The number of rotatable bonds is 4. The summed E-state index contributed by atoms with van der Waals surface area (Å²) >= 11 is 5.87. The quantitative estimate of drug-likeness (QED) is 0.569. The first-order valence-electron chi connectivity index (χ1n) is 8.15. The topological polar surface area (TPSA) is 72.9 Å². The molecule has 6 nitrogen and oxygen atoms in total. The molecule has 0 amide bonds.